The maximum Gasteiger partial charge on any atom is 0.175 e. The molecule has 0 radical (unpaired) electrons. The molecule has 1 aromatic rings. The fourth-order valence-corrected chi connectivity index (χ4v) is 2.21. The minimum Gasteiger partial charge on any atom is -0.490 e. The Kier molecular flexibility index (Phi) is 7.28. The number of hydrogen-bond acceptors (Lipinski definition) is 3. The standard InChI is InChI=1S/C14H19BrClNO2/c1-4-18-13-6-11(8-17-3)5-12(15)14(13)19-9-10(2)7-16/h5-7,17H,4,8-9H2,1-3H3/b10-7+. The van der Waals surface area contributed by atoms with Crippen LogP contribution in [0.4, 0.5) is 0 Å². The summed E-state index contributed by atoms with van der Waals surface area (Å²) in [6, 6.07) is 4.01. The largest absolute Gasteiger partial charge is 0.490 e. The average Bonchev–Trinajstić information content (AvgIpc) is 2.38. The lowest BCUT2D eigenvalue weighted by atomic mass is 10.2. The Morgan fingerprint density at radius 2 is 2.16 bits per heavy atom. The van der Waals surface area contributed by atoms with E-state index < -0.39 is 0 Å². The van der Waals surface area contributed by atoms with E-state index in [0.717, 1.165) is 27.9 Å². The Morgan fingerprint density at radius 3 is 2.74 bits per heavy atom. The van der Waals surface area contributed by atoms with Crippen molar-refractivity contribution < 1.29 is 9.47 Å². The van der Waals surface area contributed by atoms with Gasteiger partial charge in [0.25, 0.3) is 0 Å². The highest BCUT2D eigenvalue weighted by atomic mass is 79.9. The topological polar surface area (TPSA) is 30.5 Å². The Bertz CT molecular complexity index is 449. The number of benzene rings is 1. The van der Waals surface area contributed by atoms with Crippen LogP contribution in [0.3, 0.4) is 0 Å². The summed E-state index contributed by atoms with van der Waals surface area (Å²) < 4.78 is 12.3. The fraction of sp³-hybridized carbons (Fsp3) is 0.429. The molecule has 0 heterocycles. The number of rotatable bonds is 7. The zero-order chi connectivity index (χ0) is 14.3. The maximum absolute atomic E-state index is 5.76. The molecule has 3 nitrogen and oxygen atoms in total. The van der Waals surface area contributed by atoms with Gasteiger partial charge in [-0.15, -0.1) is 0 Å². The van der Waals surface area contributed by atoms with E-state index in [1.807, 2.05) is 33.0 Å². The molecule has 5 heteroatoms. The van der Waals surface area contributed by atoms with Crippen molar-refractivity contribution in [1.29, 1.82) is 0 Å². The summed E-state index contributed by atoms with van der Waals surface area (Å²) in [7, 11) is 1.91. The molecule has 19 heavy (non-hydrogen) atoms. The number of nitrogens with one attached hydrogen (secondary N) is 1. The molecule has 0 unspecified atom stereocenters. The summed E-state index contributed by atoms with van der Waals surface area (Å²) >= 11 is 9.16. The second-order valence-corrected chi connectivity index (χ2v) is 5.18. The molecular weight excluding hydrogens is 330 g/mol. The molecule has 0 saturated heterocycles. The summed E-state index contributed by atoms with van der Waals surface area (Å²) in [6.45, 7) is 5.67. The number of halogens is 2. The van der Waals surface area contributed by atoms with Gasteiger partial charge in [0.2, 0.25) is 0 Å². The van der Waals surface area contributed by atoms with Gasteiger partial charge in [-0.05, 0) is 60.1 Å². The molecule has 1 N–H and O–H groups in total. The van der Waals surface area contributed by atoms with E-state index in [-0.39, 0.29) is 0 Å². The molecule has 106 valence electrons. The second kappa shape index (κ2) is 8.46. The van der Waals surface area contributed by atoms with Crippen LogP contribution >= 0.6 is 27.5 Å². The van der Waals surface area contributed by atoms with Crippen molar-refractivity contribution in [3.63, 3.8) is 0 Å². The molecular formula is C14H19BrClNO2. The quantitative estimate of drug-likeness (QED) is 0.805. The first-order valence-corrected chi connectivity index (χ1v) is 7.33. The first kappa shape index (κ1) is 16.3. The van der Waals surface area contributed by atoms with Crippen LogP contribution in [0, 0.1) is 0 Å². The summed E-state index contributed by atoms with van der Waals surface area (Å²) in [5.41, 5.74) is 3.61. The summed E-state index contributed by atoms with van der Waals surface area (Å²) in [5.74, 6) is 1.45. The predicted octanol–water partition coefficient (Wildman–Crippen LogP) is 4.09. The zero-order valence-corrected chi connectivity index (χ0v) is 13.8. The smallest absolute Gasteiger partial charge is 0.175 e. The van der Waals surface area contributed by atoms with Crippen LogP contribution in [-0.4, -0.2) is 20.3 Å². The Hall–Kier alpha value is -0.710. The third-order valence-corrected chi connectivity index (χ3v) is 3.34. The van der Waals surface area contributed by atoms with Crippen LogP contribution in [0.15, 0.2) is 27.7 Å². The summed E-state index contributed by atoms with van der Waals surface area (Å²) in [4.78, 5) is 0. The highest BCUT2D eigenvalue weighted by Crippen LogP contribution is 2.37. The lowest BCUT2D eigenvalue weighted by molar-refractivity contribution is 0.291. The van der Waals surface area contributed by atoms with Crippen molar-refractivity contribution in [1.82, 2.24) is 5.32 Å². The van der Waals surface area contributed by atoms with E-state index in [2.05, 4.69) is 21.2 Å². The van der Waals surface area contributed by atoms with Gasteiger partial charge in [0.05, 0.1) is 11.1 Å². The summed E-state index contributed by atoms with van der Waals surface area (Å²) in [6.07, 6.45) is 0. The van der Waals surface area contributed by atoms with Crippen molar-refractivity contribution in [2.75, 3.05) is 20.3 Å². The van der Waals surface area contributed by atoms with E-state index in [0.29, 0.717) is 19.0 Å². The van der Waals surface area contributed by atoms with E-state index in [4.69, 9.17) is 21.1 Å². The lowest BCUT2D eigenvalue weighted by Gasteiger charge is -2.15. The molecule has 0 saturated carbocycles. The van der Waals surface area contributed by atoms with Gasteiger partial charge >= 0.3 is 0 Å². The Labute approximate surface area is 128 Å². The molecule has 0 spiro atoms. The number of hydrogen-bond donors (Lipinski definition) is 1. The average molecular weight is 349 g/mol. The van der Waals surface area contributed by atoms with Crippen LogP contribution in [0.1, 0.15) is 19.4 Å². The molecule has 0 bridgehead atoms. The second-order valence-electron chi connectivity index (χ2n) is 4.11. The molecule has 1 rings (SSSR count). The van der Waals surface area contributed by atoms with Gasteiger partial charge in [0, 0.05) is 12.1 Å². The summed E-state index contributed by atoms with van der Waals surface area (Å²) in [5, 5.41) is 3.12. The monoisotopic (exact) mass is 347 g/mol. The lowest BCUT2D eigenvalue weighted by Crippen LogP contribution is -2.07. The highest BCUT2D eigenvalue weighted by molar-refractivity contribution is 9.10. The third kappa shape index (κ3) is 5.05. The van der Waals surface area contributed by atoms with Crippen LogP contribution in [-0.2, 0) is 6.54 Å². The molecule has 0 aliphatic heterocycles. The molecule has 1 aromatic carbocycles. The first-order chi connectivity index (χ1) is 9.12. The molecule has 0 atom stereocenters. The van der Waals surface area contributed by atoms with E-state index in [1.54, 1.807) is 0 Å². The van der Waals surface area contributed by atoms with Crippen LogP contribution < -0.4 is 14.8 Å². The van der Waals surface area contributed by atoms with Gasteiger partial charge in [-0.1, -0.05) is 11.6 Å². The van der Waals surface area contributed by atoms with Gasteiger partial charge in [0.1, 0.15) is 6.61 Å². The fourth-order valence-electron chi connectivity index (χ4n) is 1.55. The third-order valence-electron chi connectivity index (χ3n) is 2.38. The van der Waals surface area contributed by atoms with Crippen LogP contribution in [0.2, 0.25) is 0 Å². The van der Waals surface area contributed by atoms with Crippen molar-refractivity contribution in [2.24, 2.45) is 0 Å². The van der Waals surface area contributed by atoms with Gasteiger partial charge in [0.15, 0.2) is 11.5 Å². The van der Waals surface area contributed by atoms with Gasteiger partial charge < -0.3 is 14.8 Å². The van der Waals surface area contributed by atoms with Crippen molar-refractivity contribution in [3.8, 4) is 11.5 Å². The van der Waals surface area contributed by atoms with Crippen molar-refractivity contribution in [3.05, 3.63) is 33.3 Å². The maximum atomic E-state index is 5.76. The minimum absolute atomic E-state index is 0.438. The van der Waals surface area contributed by atoms with Gasteiger partial charge in [-0.2, -0.15) is 0 Å². The van der Waals surface area contributed by atoms with Crippen molar-refractivity contribution in [2.45, 2.75) is 20.4 Å². The Morgan fingerprint density at radius 1 is 1.42 bits per heavy atom. The normalized spacial score (nSPS) is 11.5. The Balaban J connectivity index is 2.99. The minimum atomic E-state index is 0.438. The van der Waals surface area contributed by atoms with E-state index in [1.165, 1.54) is 5.54 Å². The molecule has 0 fully saturated rings. The predicted molar refractivity (Wildman–Crippen MR) is 83.2 cm³/mol. The molecule has 0 aromatic heterocycles. The first-order valence-electron chi connectivity index (χ1n) is 6.10. The SMILES string of the molecule is CCOc1cc(CNC)cc(Br)c1OC/C(C)=C/Cl. The molecule has 0 amide bonds. The zero-order valence-electron chi connectivity index (χ0n) is 11.4. The number of ether oxygens (including phenoxy) is 2. The van der Waals surface area contributed by atoms with Crippen LogP contribution in [0.5, 0.6) is 11.5 Å². The van der Waals surface area contributed by atoms with Crippen LogP contribution in [0.25, 0.3) is 0 Å². The highest BCUT2D eigenvalue weighted by Gasteiger charge is 2.12. The van der Waals surface area contributed by atoms with Gasteiger partial charge in [-0.25, -0.2) is 0 Å². The molecule has 0 aliphatic rings. The van der Waals surface area contributed by atoms with Crippen molar-refractivity contribution >= 4 is 27.5 Å². The van der Waals surface area contributed by atoms with E-state index >= 15 is 0 Å². The van der Waals surface area contributed by atoms with E-state index in [9.17, 15) is 0 Å². The van der Waals surface area contributed by atoms with Gasteiger partial charge in [-0.3, -0.25) is 0 Å². The molecule has 0 aliphatic carbocycles.